The predicted molar refractivity (Wildman–Crippen MR) is 89.1 cm³/mol. The number of aromatic nitrogens is 2. The van der Waals surface area contributed by atoms with Crippen LogP contribution in [-0.4, -0.2) is 34.3 Å². The number of H-pyrrole nitrogens is 1. The summed E-state index contributed by atoms with van der Waals surface area (Å²) in [5.41, 5.74) is 1.54. The number of rotatable bonds is 6. The number of hydrogen-bond donors (Lipinski definition) is 3. The molecule has 3 rings (SSSR count). The van der Waals surface area contributed by atoms with Crippen LogP contribution in [0.1, 0.15) is 46.5 Å². The van der Waals surface area contributed by atoms with Gasteiger partial charge in [-0.05, 0) is 52.5 Å². The molecule has 1 aliphatic rings. The molecule has 1 heterocycles. The van der Waals surface area contributed by atoms with Crippen molar-refractivity contribution in [2.24, 2.45) is 0 Å². The van der Waals surface area contributed by atoms with Crippen LogP contribution in [0.2, 0.25) is 0 Å². The maximum Gasteiger partial charge on any atom is 0.330 e. The van der Waals surface area contributed by atoms with E-state index in [2.05, 4.69) is 31.4 Å². The molecule has 1 aromatic heterocycles. The molecule has 3 N–H and O–H groups in total. The number of methoxy groups -OCH3 is 1. The van der Waals surface area contributed by atoms with Gasteiger partial charge in [-0.2, -0.15) is 5.10 Å². The first-order chi connectivity index (χ1) is 11.5. The zero-order valence-electron chi connectivity index (χ0n) is 12.9. The minimum Gasteiger partial charge on any atom is -0.496 e. The lowest BCUT2D eigenvalue weighted by molar-refractivity contribution is -0.139. The second-order valence-corrected chi connectivity index (χ2v) is 6.48. The third-order valence-electron chi connectivity index (χ3n) is 3.88. The molecule has 2 aromatic rings. The summed E-state index contributed by atoms with van der Waals surface area (Å²) >= 11 is 3.31. The highest BCUT2D eigenvalue weighted by molar-refractivity contribution is 9.10. The highest BCUT2D eigenvalue weighted by Crippen LogP contribution is 2.39. The van der Waals surface area contributed by atoms with Crippen LogP contribution in [0.25, 0.3) is 0 Å². The number of ether oxygens (including phenoxy) is 1. The Balaban J connectivity index is 1.79. The van der Waals surface area contributed by atoms with E-state index in [9.17, 15) is 14.7 Å². The molecule has 0 bridgehead atoms. The molecule has 0 aliphatic heterocycles. The molecular formula is C16H16BrN3O4. The summed E-state index contributed by atoms with van der Waals surface area (Å²) in [7, 11) is 1.52. The lowest BCUT2D eigenvalue weighted by atomic mass is 10.1. The fourth-order valence-electron chi connectivity index (χ4n) is 2.41. The Morgan fingerprint density at radius 3 is 2.75 bits per heavy atom. The lowest BCUT2D eigenvalue weighted by Crippen LogP contribution is -2.34. The Kier molecular flexibility index (Phi) is 4.57. The first-order valence-electron chi connectivity index (χ1n) is 7.42. The van der Waals surface area contributed by atoms with Gasteiger partial charge in [0.1, 0.15) is 11.4 Å². The molecule has 7 nitrogen and oxygen atoms in total. The number of carbonyl (C=O) groups excluding carboxylic acids is 1. The van der Waals surface area contributed by atoms with Crippen LogP contribution < -0.4 is 10.1 Å². The highest BCUT2D eigenvalue weighted by Gasteiger charge is 2.28. The molecule has 1 fully saturated rings. The summed E-state index contributed by atoms with van der Waals surface area (Å²) in [4.78, 5) is 23.9. The van der Waals surface area contributed by atoms with Crippen LogP contribution in [0, 0.1) is 0 Å². The molecule has 126 valence electrons. The maximum absolute atomic E-state index is 12.3. The van der Waals surface area contributed by atoms with Crippen molar-refractivity contribution in [2.75, 3.05) is 7.11 Å². The number of carbonyl (C=O) groups is 2. The van der Waals surface area contributed by atoms with Crippen molar-refractivity contribution in [3.05, 3.63) is 45.7 Å². The third kappa shape index (κ3) is 3.43. The topological polar surface area (TPSA) is 104 Å². The smallest absolute Gasteiger partial charge is 0.330 e. The van der Waals surface area contributed by atoms with E-state index in [-0.39, 0.29) is 5.69 Å². The zero-order chi connectivity index (χ0) is 17.3. The Hall–Kier alpha value is -2.35. The van der Waals surface area contributed by atoms with Gasteiger partial charge in [0.25, 0.3) is 5.91 Å². The van der Waals surface area contributed by atoms with Crippen LogP contribution in [0.4, 0.5) is 0 Å². The summed E-state index contributed by atoms with van der Waals surface area (Å²) in [6.07, 6.45) is 2.17. The second kappa shape index (κ2) is 6.64. The molecule has 1 aliphatic carbocycles. The number of hydrogen-bond acceptors (Lipinski definition) is 4. The van der Waals surface area contributed by atoms with Crippen molar-refractivity contribution in [1.29, 1.82) is 0 Å². The van der Waals surface area contributed by atoms with Crippen LogP contribution in [0.3, 0.4) is 0 Å². The normalized spacial score (nSPS) is 14.9. The molecule has 1 aromatic carbocycles. The van der Waals surface area contributed by atoms with E-state index >= 15 is 0 Å². The minimum absolute atomic E-state index is 0.190. The van der Waals surface area contributed by atoms with Gasteiger partial charge in [-0.1, -0.05) is 6.07 Å². The van der Waals surface area contributed by atoms with E-state index in [1.54, 1.807) is 24.3 Å². The van der Waals surface area contributed by atoms with Gasteiger partial charge in [-0.3, -0.25) is 9.89 Å². The number of carboxylic acid groups (broad SMARTS) is 1. The van der Waals surface area contributed by atoms with E-state index in [4.69, 9.17) is 4.74 Å². The van der Waals surface area contributed by atoms with E-state index in [0.717, 1.165) is 18.5 Å². The van der Waals surface area contributed by atoms with Gasteiger partial charge in [-0.25, -0.2) is 4.79 Å². The van der Waals surface area contributed by atoms with Gasteiger partial charge in [0, 0.05) is 11.6 Å². The fraction of sp³-hybridized carbons (Fsp3) is 0.312. The molecule has 24 heavy (non-hydrogen) atoms. The van der Waals surface area contributed by atoms with Gasteiger partial charge in [-0.15, -0.1) is 0 Å². The first kappa shape index (κ1) is 16.5. The molecule has 0 radical (unpaired) electrons. The Labute approximate surface area is 146 Å². The van der Waals surface area contributed by atoms with Gasteiger partial charge >= 0.3 is 5.97 Å². The number of nitrogens with zero attached hydrogens (tertiary/aromatic N) is 1. The van der Waals surface area contributed by atoms with Crippen LogP contribution in [0.5, 0.6) is 5.75 Å². The van der Waals surface area contributed by atoms with E-state index in [0.29, 0.717) is 21.7 Å². The molecular weight excluding hydrogens is 378 g/mol. The quantitative estimate of drug-likeness (QED) is 0.699. The largest absolute Gasteiger partial charge is 0.496 e. The average molecular weight is 394 g/mol. The summed E-state index contributed by atoms with van der Waals surface area (Å²) < 4.78 is 5.74. The van der Waals surface area contributed by atoms with E-state index < -0.39 is 17.9 Å². The number of halogens is 1. The molecule has 1 saturated carbocycles. The maximum atomic E-state index is 12.3. The Morgan fingerprint density at radius 1 is 1.42 bits per heavy atom. The van der Waals surface area contributed by atoms with Crippen LogP contribution in [-0.2, 0) is 4.79 Å². The molecule has 0 saturated heterocycles. The lowest BCUT2D eigenvalue weighted by Gasteiger charge is -2.15. The standard InChI is InChI=1S/C16H16BrN3O4/c1-24-13-5-4-9(6-10(13)17)14(16(22)23)18-15(21)12-7-11(19-20-12)8-2-3-8/h4-8,14H,2-3H2,1H3,(H,18,21)(H,19,20)(H,22,23). The Morgan fingerprint density at radius 2 is 2.17 bits per heavy atom. The van der Waals surface area contributed by atoms with Gasteiger partial charge < -0.3 is 15.2 Å². The number of aliphatic carboxylic acids is 1. The summed E-state index contributed by atoms with van der Waals surface area (Å²) in [6, 6.07) is 5.35. The zero-order valence-corrected chi connectivity index (χ0v) is 14.5. The van der Waals surface area contributed by atoms with Crippen molar-refractivity contribution >= 4 is 27.8 Å². The average Bonchev–Trinajstić information content (AvgIpc) is 3.29. The molecule has 0 spiro atoms. The third-order valence-corrected chi connectivity index (χ3v) is 4.50. The van der Waals surface area contributed by atoms with Crippen molar-refractivity contribution in [3.63, 3.8) is 0 Å². The van der Waals surface area contributed by atoms with Crippen molar-refractivity contribution in [2.45, 2.75) is 24.8 Å². The monoisotopic (exact) mass is 393 g/mol. The van der Waals surface area contributed by atoms with E-state index in [1.165, 1.54) is 7.11 Å². The summed E-state index contributed by atoms with van der Waals surface area (Å²) in [6.45, 7) is 0. The van der Waals surface area contributed by atoms with Crippen LogP contribution in [0.15, 0.2) is 28.7 Å². The highest BCUT2D eigenvalue weighted by atomic mass is 79.9. The van der Waals surface area contributed by atoms with E-state index in [1.807, 2.05) is 0 Å². The molecule has 1 atom stereocenters. The van der Waals surface area contributed by atoms with Gasteiger partial charge in [0.2, 0.25) is 0 Å². The number of amides is 1. The molecule has 1 amide bonds. The second-order valence-electron chi connectivity index (χ2n) is 5.62. The number of nitrogens with one attached hydrogen (secondary N) is 2. The van der Waals surface area contributed by atoms with Crippen molar-refractivity contribution < 1.29 is 19.4 Å². The van der Waals surface area contributed by atoms with Crippen LogP contribution >= 0.6 is 15.9 Å². The molecule has 8 heteroatoms. The summed E-state index contributed by atoms with van der Waals surface area (Å²) in [5, 5.41) is 18.8. The number of carboxylic acids is 1. The Bertz CT molecular complexity index is 785. The van der Waals surface area contributed by atoms with Crippen molar-refractivity contribution in [3.8, 4) is 5.75 Å². The van der Waals surface area contributed by atoms with Crippen molar-refractivity contribution in [1.82, 2.24) is 15.5 Å². The molecule has 1 unspecified atom stereocenters. The number of aromatic amines is 1. The number of benzene rings is 1. The predicted octanol–water partition coefficient (Wildman–Crippen LogP) is 2.61. The van der Waals surface area contributed by atoms with Gasteiger partial charge in [0.15, 0.2) is 6.04 Å². The SMILES string of the molecule is COc1ccc(C(NC(=O)c2cc(C3CC3)[nH]n2)C(=O)O)cc1Br. The summed E-state index contributed by atoms with van der Waals surface area (Å²) in [5.74, 6) is -0.668. The van der Waals surface area contributed by atoms with Gasteiger partial charge in [0.05, 0.1) is 11.6 Å². The first-order valence-corrected chi connectivity index (χ1v) is 8.21. The fourth-order valence-corrected chi connectivity index (χ4v) is 2.97. The minimum atomic E-state index is -1.18.